The Morgan fingerprint density at radius 2 is 1.65 bits per heavy atom. The minimum absolute atomic E-state index is 0.208. The number of ether oxygens (including phenoxy) is 1. The Morgan fingerprint density at radius 3 is 2.50 bits per heavy atom. The minimum Gasteiger partial charge on any atom is -0.492 e. The van der Waals surface area contributed by atoms with Crippen LogP contribution in [0.1, 0.15) is 5.56 Å². The Kier molecular flexibility index (Phi) is 6.34. The van der Waals surface area contributed by atoms with Gasteiger partial charge in [0.25, 0.3) is 0 Å². The first-order valence-electron chi connectivity index (χ1n) is 8.65. The van der Waals surface area contributed by atoms with Gasteiger partial charge in [-0.25, -0.2) is 8.78 Å². The molecule has 4 heteroatoms. The van der Waals surface area contributed by atoms with Crippen LogP contribution in [0, 0.1) is 11.6 Å². The van der Waals surface area contributed by atoms with E-state index in [9.17, 15) is 8.78 Å². The molecule has 0 spiro atoms. The van der Waals surface area contributed by atoms with Gasteiger partial charge in [0, 0.05) is 12.1 Å². The third-order valence-electron chi connectivity index (χ3n) is 4.05. The lowest BCUT2D eigenvalue weighted by Crippen LogP contribution is -2.23. The predicted molar refractivity (Wildman–Crippen MR) is 100 cm³/mol. The van der Waals surface area contributed by atoms with E-state index >= 15 is 0 Å². The molecule has 0 aliphatic rings. The van der Waals surface area contributed by atoms with Crippen molar-refractivity contribution < 1.29 is 13.5 Å². The third-order valence-corrected chi connectivity index (χ3v) is 4.05. The van der Waals surface area contributed by atoms with Crippen molar-refractivity contribution in [1.82, 2.24) is 5.32 Å². The molecule has 0 fully saturated rings. The SMILES string of the molecule is Fc1cccc(CCNCCOc2cccc(-c3ccccc3F)c2)c1. The van der Waals surface area contributed by atoms with E-state index in [0.29, 0.717) is 24.5 Å². The van der Waals surface area contributed by atoms with Gasteiger partial charge in [-0.2, -0.15) is 0 Å². The van der Waals surface area contributed by atoms with E-state index in [1.807, 2.05) is 36.4 Å². The van der Waals surface area contributed by atoms with Gasteiger partial charge in [-0.1, -0.05) is 42.5 Å². The van der Waals surface area contributed by atoms with Crippen molar-refractivity contribution in [3.63, 3.8) is 0 Å². The zero-order valence-corrected chi connectivity index (χ0v) is 14.4. The Morgan fingerprint density at radius 1 is 0.808 bits per heavy atom. The molecule has 3 aromatic rings. The van der Waals surface area contributed by atoms with Crippen LogP contribution in [0.4, 0.5) is 8.78 Å². The second-order valence-corrected chi connectivity index (χ2v) is 5.99. The minimum atomic E-state index is -0.247. The van der Waals surface area contributed by atoms with Crippen LogP contribution in [0.3, 0.4) is 0 Å². The Hall–Kier alpha value is -2.72. The molecular formula is C22H21F2NO. The molecule has 0 radical (unpaired) electrons. The van der Waals surface area contributed by atoms with Crippen LogP contribution < -0.4 is 10.1 Å². The molecule has 3 aromatic carbocycles. The van der Waals surface area contributed by atoms with E-state index in [4.69, 9.17) is 4.74 Å². The van der Waals surface area contributed by atoms with Crippen LogP contribution in [-0.4, -0.2) is 19.7 Å². The zero-order chi connectivity index (χ0) is 18.2. The van der Waals surface area contributed by atoms with E-state index in [-0.39, 0.29) is 11.6 Å². The van der Waals surface area contributed by atoms with Crippen molar-refractivity contribution in [3.05, 3.63) is 90.0 Å². The summed E-state index contributed by atoms with van der Waals surface area (Å²) in [7, 11) is 0. The fourth-order valence-corrected chi connectivity index (χ4v) is 2.74. The van der Waals surface area contributed by atoms with Crippen LogP contribution in [0.15, 0.2) is 72.8 Å². The van der Waals surface area contributed by atoms with Crippen molar-refractivity contribution in [3.8, 4) is 16.9 Å². The van der Waals surface area contributed by atoms with Crippen LogP contribution in [0.25, 0.3) is 11.1 Å². The summed E-state index contributed by atoms with van der Waals surface area (Å²) in [5, 5.41) is 3.27. The van der Waals surface area contributed by atoms with Crippen molar-refractivity contribution in [2.45, 2.75) is 6.42 Å². The van der Waals surface area contributed by atoms with Gasteiger partial charge in [0.1, 0.15) is 24.0 Å². The monoisotopic (exact) mass is 353 g/mol. The highest BCUT2D eigenvalue weighted by atomic mass is 19.1. The highest BCUT2D eigenvalue weighted by Crippen LogP contribution is 2.25. The lowest BCUT2D eigenvalue weighted by Gasteiger charge is -2.10. The normalized spacial score (nSPS) is 10.7. The number of hydrogen-bond acceptors (Lipinski definition) is 2. The fraction of sp³-hybridized carbons (Fsp3) is 0.182. The molecule has 0 heterocycles. The Bertz CT molecular complexity index is 851. The summed E-state index contributed by atoms with van der Waals surface area (Å²) in [6.07, 6.45) is 0.764. The van der Waals surface area contributed by atoms with Crippen molar-refractivity contribution >= 4 is 0 Å². The molecule has 0 atom stereocenters. The lowest BCUT2D eigenvalue weighted by atomic mass is 10.1. The third kappa shape index (κ3) is 5.14. The number of benzene rings is 3. The van der Waals surface area contributed by atoms with Crippen LogP contribution in [-0.2, 0) is 6.42 Å². The summed E-state index contributed by atoms with van der Waals surface area (Å²) in [6, 6.07) is 20.7. The van der Waals surface area contributed by atoms with Gasteiger partial charge < -0.3 is 10.1 Å². The van der Waals surface area contributed by atoms with Crippen LogP contribution >= 0.6 is 0 Å². The molecule has 2 nitrogen and oxygen atoms in total. The molecule has 0 bridgehead atoms. The molecule has 0 aromatic heterocycles. The van der Waals surface area contributed by atoms with Gasteiger partial charge in [0.15, 0.2) is 0 Å². The highest BCUT2D eigenvalue weighted by Gasteiger charge is 2.05. The highest BCUT2D eigenvalue weighted by molar-refractivity contribution is 5.65. The van der Waals surface area contributed by atoms with Gasteiger partial charge >= 0.3 is 0 Å². The van der Waals surface area contributed by atoms with E-state index < -0.39 is 0 Å². The maximum absolute atomic E-state index is 13.9. The average Bonchev–Trinajstić information content (AvgIpc) is 2.65. The van der Waals surface area contributed by atoms with Gasteiger partial charge in [0.05, 0.1) is 0 Å². The van der Waals surface area contributed by atoms with Gasteiger partial charge in [-0.05, 0) is 54.4 Å². The molecule has 0 aliphatic heterocycles. The quantitative estimate of drug-likeness (QED) is 0.585. The first kappa shape index (κ1) is 18.1. The second-order valence-electron chi connectivity index (χ2n) is 5.99. The van der Waals surface area contributed by atoms with Gasteiger partial charge in [-0.3, -0.25) is 0 Å². The van der Waals surface area contributed by atoms with Crippen molar-refractivity contribution in [2.24, 2.45) is 0 Å². The molecule has 3 rings (SSSR count). The summed E-state index contributed by atoms with van der Waals surface area (Å²) >= 11 is 0. The summed E-state index contributed by atoms with van der Waals surface area (Å²) in [5.74, 6) is 0.252. The summed E-state index contributed by atoms with van der Waals surface area (Å²) in [4.78, 5) is 0. The maximum atomic E-state index is 13.9. The van der Waals surface area contributed by atoms with Crippen LogP contribution in [0.2, 0.25) is 0 Å². The first-order chi connectivity index (χ1) is 12.7. The number of nitrogens with one attached hydrogen (secondary N) is 1. The van der Waals surface area contributed by atoms with E-state index in [0.717, 1.165) is 24.1 Å². The second kappa shape index (κ2) is 9.11. The van der Waals surface area contributed by atoms with Crippen molar-refractivity contribution in [2.75, 3.05) is 19.7 Å². The number of hydrogen-bond donors (Lipinski definition) is 1. The standard InChI is InChI=1S/C22H21F2NO/c23-19-7-3-5-17(15-19)11-12-25-13-14-26-20-8-4-6-18(16-20)21-9-1-2-10-22(21)24/h1-10,15-16,25H,11-14H2. The fourth-order valence-electron chi connectivity index (χ4n) is 2.74. The van der Waals surface area contributed by atoms with E-state index in [1.54, 1.807) is 24.3 Å². The molecule has 0 amide bonds. The Balaban J connectivity index is 1.44. The predicted octanol–water partition coefficient (Wildman–Crippen LogP) is 4.84. The molecule has 134 valence electrons. The van der Waals surface area contributed by atoms with E-state index in [2.05, 4.69) is 5.32 Å². The van der Waals surface area contributed by atoms with Crippen LogP contribution in [0.5, 0.6) is 5.75 Å². The smallest absolute Gasteiger partial charge is 0.131 e. The largest absolute Gasteiger partial charge is 0.492 e. The molecule has 0 saturated heterocycles. The molecule has 1 N–H and O–H groups in total. The number of rotatable bonds is 8. The topological polar surface area (TPSA) is 21.3 Å². The molecule has 0 unspecified atom stereocenters. The molecule has 0 aliphatic carbocycles. The lowest BCUT2D eigenvalue weighted by molar-refractivity contribution is 0.314. The molecule has 0 saturated carbocycles. The van der Waals surface area contributed by atoms with E-state index in [1.165, 1.54) is 12.1 Å². The van der Waals surface area contributed by atoms with Gasteiger partial charge in [-0.15, -0.1) is 0 Å². The molecular weight excluding hydrogens is 332 g/mol. The molecule has 26 heavy (non-hydrogen) atoms. The summed E-state index contributed by atoms with van der Waals surface area (Å²) in [5.41, 5.74) is 2.32. The summed E-state index contributed by atoms with van der Waals surface area (Å²) in [6.45, 7) is 1.94. The zero-order valence-electron chi connectivity index (χ0n) is 14.4. The average molecular weight is 353 g/mol. The Labute approximate surface area is 152 Å². The van der Waals surface area contributed by atoms with Gasteiger partial charge in [0.2, 0.25) is 0 Å². The van der Waals surface area contributed by atoms with Crippen molar-refractivity contribution in [1.29, 1.82) is 0 Å². The first-order valence-corrected chi connectivity index (χ1v) is 8.65. The number of halogens is 2. The maximum Gasteiger partial charge on any atom is 0.131 e. The summed E-state index contributed by atoms with van der Waals surface area (Å²) < 4.78 is 32.7.